The summed E-state index contributed by atoms with van der Waals surface area (Å²) in [5.41, 5.74) is 5.27. The van der Waals surface area contributed by atoms with Gasteiger partial charge in [-0.15, -0.1) is 0 Å². The van der Waals surface area contributed by atoms with Gasteiger partial charge in [-0.1, -0.05) is 19.3 Å². The normalized spacial score (nSPS) is 22.0. The van der Waals surface area contributed by atoms with Crippen LogP contribution < -0.4 is 16.4 Å². The Balaban J connectivity index is 1.58. The minimum atomic E-state index is -0.815. The molecule has 6 nitrogen and oxygen atoms in total. The molecule has 2 fully saturated rings. The van der Waals surface area contributed by atoms with Gasteiger partial charge in [-0.25, -0.2) is 0 Å². The van der Waals surface area contributed by atoms with Crippen LogP contribution in [0.25, 0.3) is 0 Å². The summed E-state index contributed by atoms with van der Waals surface area (Å²) >= 11 is 0. The molecule has 0 spiro atoms. The number of ether oxygens (including phenoxy) is 1. The summed E-state index contributed by atoms with van der Waals surface area (Å²) in [5, 5.41) is 5.70. The van der Waals surface area contributed by atoms with E-state index in [-0.39, 0.29) is 11.8 Å². The second kappa shape index (κ2) is 8.48. The van der Waals surface area contributed by atoms with Gasteiger partial charge in [0, 0.05) is 32.7 Å². The summed E-state index contributed by atoms with van der Waals surface area (Å²) in [6.07, 6.45) is 7.85. The number of nitrogens with two attached hydrogens (primary N) is 1. The number of nitrogens with one attached hydrogen (secondary N) is 2. The molecule has 0 aromatic rings. The fraction of sp³-hybridized carbons (Fsp3) is 0.875. The van der Waals surface area contributed by atoms with E-state index in [1.807, 2.05) is 0 Å². The number of rotatable bonds is 6. The first-order valence-electron chi connectivity index (χ1n) is 8.52. The van der Waals surface area contributed by atoms with Crippen LogP contribution in [0.1, 0.15) is 51.4 Å². The predicted molar refractivity (Wildman–Crippen MR) is 84.2 cm³/mol. The molecule has 2 aliphatic rings. The standard InChI is InChI=1S/C16H29N3O3/c17-16(6-10-22-11-7-16)15(21)19-9-8-18-14(20)12-13-4-2-1-3-5-13/h13H,1-12,17H2,(H,18,20)(H,19,21). The van der Waals surface area contributed by atoms with Crippen molar-refractivity contribution in [2.24, 2.45) is 11.7 Å². The van der Waals surface area contributed by atoms with Crippen LogP contribution in [0.15, 0.2) is 0 Å². The number of hydrogen-bond donors (Lipinski definition) is 3. The van der Waals surface area contributed by atoms with Gasteiger partial charge in [0.15, 0.2) is 0 Å². The van der Waals surface area contributed by atoms with Gasteiger partial charge < -0.3 is 21.1 Å². The summed E-state index contributed by atoms with van der Waals surface area (Å²) in [6, 6.07) is 0. The lowest BCUT2D eigenvalue weighted by Gasteiger charge is -2.31. The maximum Gasteiger partial charge on any atom is 0.240 e. The van der Waals surface area contributed by atoms with Gasteiger partial charge in [-0.05, 0) is 31.6 Å². The number of carbonyl (C=O) groups excluding carboxylic acids is 2. The van der Waals surface area contributed by atoms with Crippen LogP contribution in [0.4, 0.5) is 0 Å². The zero-order chi connectivity index (χ0) is 15.8. The Labute approximate surface area is 132 Å². The molecule has 1 heterocycles. The molecular weight excluding hydrogens is 282 g/mol. The lowest BCUT2D eigenvalue weighted by atomic mass is 9.87. The molecule has 0 bridgehead atoms. The molecule has 0 unspecified atom stereocenters. The highest BCUT2D eigenvalue weighted by Gasteiger charge is 2.35. The molecule has 6 heteroatoms. The first-order valence-corrected chi connectivity index (χ1v) is 8.52. The van der Waals surface area contributed by atoms with Gasteiger partial charge in [0.05, 0.1) is 5.54 Å². The van der Waals surface area contributed by atoms with Gasteiger partial charge in [0.2, 0.25) is 11.8 Å². The van der Waals surface area contributed by atoms with E-state index in [1.165, 1.54) is 32.1 Å². The van der Waals surface area contributed by atoms with Crippen molar-refractivity contribution in [1.82, 2.24) is 10.6 Å². The zero-order valence-corrected chi connectivity index (χ0v) is 13.4. The first-order chi connectivity index (χ1) is 10.6. The van der Waals surface area contributed by atoms with Crippen LogP contribution in [0.5, 0.6) is 0 Å². The Morgan fingerprint density at radius 1 is 1.05 bits per heavy atom. The van der Waals surface area contributed by atoms with E-state index < -0.39 is 5.54 Å². The lowest BCUT2D eigenvalue weighted by Crippen LogP contribution is -2.57. The Morgan fingerprint density at radius 3 is 2.36 bits per heavy atom. The molecule has 2 rings (SSSR count). The maximum atomic E-state index is 12.1. The molecule has 1 aliphatic heterocycles. The Bertz CT molecular complexity index is 375. The van der Waals surface area contributed by atoms with Crippen molar-refractivity contribution in [1.29, 1.82) is 0 Å². The summed E-state index contributed by atoms with van der Waals surface area (Å²) < 4.78 is 5.23. The molecule has 1 saturated heterocycles. The summed E-state index contributed by atoms with van der Waals surface area (Å²) in [7, 11) is 0. The van der Waals surface area contributed by atoms with Crippen LogP contribution >= 0.6 is 0 Å². The number of carbonyl (C=O) groups is 2. The Morgan fingerprint density at radius 2 is 1.68 bits per heavy atom. The fourth-order valence-electron chi connectivity index (χ4n) is 3.24. The van der Waals surface area contributed by atoms with Crippen molar-refractivity contribution in [2.45, 2.75) is 56.9 Å². The summed E-state index contributed by atoms with van der Waals surface area (Å²) in [6.45, 7) is 1.95. The van der Waals surface area contributed by atoms with E-state index in [0.717, 1.165) is 0 Å². The average Bonchev–Trinajstić information content (AvgIpc) is 2.53. The number of hydrogen-bond acceptors (Lipinski definition) is 4. The first kappa shape index (κ1) is 17.2. The maximum absolute atomic E-state index is 12.1. The third-order valence-electron chi connectivity index (χ3n) is 4.77. The lowest BCUT2D eigenvalue weighted by molar-refractivity contribution is -0.130. The highest BCUT2D eigenvalue weighted by molar-refractivity contribution is 5.86. The second-order valence-electron chi connectivity index (χ2n) is 6.58. The SMILES string of the molecule is NC1(C(=O)NCCNC(=O)CC2CCCCC2)CCOCC1. The van der Waals surface area contributed by atoms with Gasteiger partial charge in [-0.2, -0.15) is 0 Å². The van der Waals surface area contributed by atoms with E-state index >= 15 is 0 Å². The van der Waals surface area contributed by atoms with Crippen LogP contribution in [0, 0.1) is 5.92 Å². The van der Waals surface area contributed by atoms with Crippen molar-refractivity contribution >= 4 is 11.8 Å². The summed E-state index contributed by atoms with van der Waals surface area (Å²) in [5.74, 6) is 0.491. The van der Waals surface area contributed by atoms with Gasteiger partial charge in [0.25, 0.3) is 0 Å². The monoisotopic (exact) mass is 311 g/mol. The predicted octanol–water partition coefficient (Wildman–Crippen LogP) is 0.697. The van der Waals surface area contributed by atoms with Gasteiger partial charge in [0.1, 0.15) is 0 Å². The third-order valence-corrected chi connectivity index (χ3v) is 4.77. The van der Waals surface area contributed by atoms with E-state index in [0.29, 0.717) is 51.5 Å². The quantitative estimate of drug-likeness (QED) is 0.629. The Kier molecular flexibility index (Phi) is 6.64. The van der Waals surface area contributed by atoms with E-state index in [9.17, 15) is 9.59 Å². The van der Waals surface area contributed by atoms with Crippen molar-refractivity contribution in [3.63, 3.8) is 0 Å². The molecule has 4 N–H and O–H groups in total. The smallest absolute Gasteiger partial charge is 0.240 e. The molecule has 1 saturated carbocycles. The second-order valence-corrected chi connectivity index (χ2v) is 6.58. The minimum absolute atomic E-state index is 0.0923. The van der Waals surface area contributed by atoms with Crippen molar-refractivity contribution < 1.29 is 14.3 Å². The van der Waals surface area contributed by atoms with Gasteiger partial charge >= 0.3 is 0 Å². The minimum Gasteiger partial charge on any atom is -0.381 e. The van der Waals surface area contributed by atoms with Crippen LogP contribution in [-0.2, 0) is 14.3 Å². The highest BCUT2D eigenvalue weighted by atomic mass is 16.5. The molecule has 0 radical (unpaired) electrons. The van der Waals surface area contributed by atoms with Crippen molar-refractivity contribution in [2.75, 3.05) is 26.3 Å². The molecular formula is C16H29N3O3. The molecule has 2 amide bonds. The molecule has 1 aliphatic carbocycles. The molecule has 22 heavy (non-hydrogen) atoms. The largest absolute Gasteiger partial charge is 0.381 e. The van der Waals surface area contributed by atoms with Crippen molar-refractivity contribution in [3.05, 3.63) is 0 Å². The topological polar surface area (TPSA) is 93.5 Å². The van der Waals surface area contributed by atoms with Crippen LogP contribution in [-0.4, -0.2) is 43.7 Å². The molecule has 0 atom stereocenters. The fourth-order valence-corrected chi connectivity index (χ4v) is 3.24. The average molecular weight is 311 g/mol. The molecule has 126 valence electrons. The van der Waals surface area contributed by atoms with E-state index in [1.54, 1.807) is 0 Å². The zero-order valence-electron chi connectivity index (χ0n) is 13.4. The molecule has 0 aromatic heterocycles. The Hall–Kier alpha value is -1.14. The summed E-state index contributed by atoms with van der Waals surface area (Å²) in [4.78, 5) is 23.9. The number of amides is 2. The third kappa shape index (κ3) is 5.25. The van der Waals surface area contributed by atoms with Crippen LogP contribution in [0.3, 0.4) is 0 Å². The van der Waals surface area contributed by atoms with Crippen molar-refractivity contribution in [3.8, 4) is 0 Å². The highest BCUT2D eigenvalue weighted by Crippen LogP contribution is 2.25. The van der Waals surface area contributed by atoms with E-state index in [2.05, 4.69) is 10.6 Å². The van der Waals surface area contributed by atoms with Gasteiger partial charge in [-0.3, -0.25) is 9.59 Å². The molecule has 0 aromatic carbocycles. The van der Waals surface area contributed by atoms with Crippen LogP contribution in [0.2, 0.25) is 0 Å². The van der Waals surface area contributed by atoms with E-state index in [4.69, 9.17) is 10.5 Å².